The lowest BCUT2D eigenvalue weighted by atomic mass is 10.1. The molecule has 0 radical (unpaired) electrons. The van der Waals surface area contributed by atoms with Gasteiger partial charge < -0.3 is 14.6 Å². The van der Waals surface area contributed by atoms with Crippen LogP contribution in [0.1, 0.15) is 24.8 Å². The third-order valence-electron chi connectivity index (χ3n) is 3.94. The lowest BCUT2D eigenvalue weighted by Crippen LogP contribution is -2.35. The van der Waals surface area contributed by atoms with Crippen LogP contribution in [0.25, 0.3) is 0 Å². The lowest BCUT2D eigenvalue weighted by Gasteiger charge is -2.22. The van der Waals surface area contributed by atoms with Crippen LogP contribution in [0, 0.1) is 0 Å². The quantitative estimate of drug-likeness (QED) is 0.903. The average molecular weight is 356 g/mol. The Morgan fingerprint density at radius 3 is 2.71 bits per heavy atom. The molecular formula is C15H18BrNO4. The summed E-state index contributed by atoms with van der Waals surface area (Å²) in [6.45, 7) is 2.73. The molecule has 2 heterocycles. The highest BCUT2D eigenvalue weighted by molar-refractivity contribution is 9.10. The van der Waals surface area contributed by atoms with E-state index in [9.17, 15) is 9.90 Å². The summed E-state index contributed by atoms with van der Waals surface area (Å²) in [4.78, 5) is 13.3. The van der Waals surface area contributed by atoms with E-state index in [0.29, 0.717) is 19.8 Å². The van der Waals surface area contributed by atoms with E-state index in [4.69, 9.17) is 9.47 Å². The van der Waals surface area contributed by atoms with Gasteiger partial charge in [-0.3, -0.25) is 9.69 Å². The zero-order chi connectivity index (χ0) is 14.8. The number of ether oxygens (including phenoxy) is 2. The van der Waals surface area contributed by atoms with Crippen molar-refractivity contribution in [2.24, 2.45) is 0 Å². The Morgan fingerprint density at radius 1 is 1.29 bits per heavy atom. The van der Waals surface area contributed by atoms with Crippen LogP contribution in [0.15, 0.2) is 16.6 Å². The molecule has 0 aromatic heterocycles. The van der Waals surface area contributed by atoms with Gasteiger partial charge in [0, 0.05) is 17.4 Å². The minimum Gasteiger partial charge on any atom is -0.490 e. The molecule has 21 heavy (non-hydrogen) atoms. The molecule has 1 aromatic rings. The number of likely N-dealkylation sites (tertiary alicyclic amines) is 1. The number of carboxylic acid groups (broad SMARTS) is 1. The van der Waals surface area contributed by atoms with E-state index in [1.807, 2.05) is 17.0 Å². The van der Waals surface area contributed by atoms with E-state index in [1.165, 1.54) is 0 Å². The summed E-state index contributed by atoms with van der Waals surface area (Å²) in [7, 11) is 0. The van der Waals surface area contributed by atoms with Gasteiger partial charge >= 0.3 is 5.97 Å². The summed E-state index contributed by atoms with van der Waals surface area (Å²) in [5.41, 5.74) is 1.03. The lowest BCUT2D eigenvalue weighted by molar-refractivity contribution is -0.142. The second-order valence-electron chi connectivity index (χ2n) is 5.41. The summed E-state index contributed by atoms with van der Waals surface area (Å²) in [5, 5.41) is 9.26. The Hall–Kier alpha value is -1.27. The molecule has 0 spiro atoms. The topological polar surface area (TPSA) is 59.0 Å². The number of rotatable bonds is 3. The van der Waals surface area contributed by atoms with E-state index in [2.05, 4.69) is 15.9 Å². The van der Waals surface area contributed by atoms with Gasteiger partial charge in [0.15, 0.2) is 11.5 Å². The maximum absolute atomic E-state index is 11.3. The molecule has 114 valence electrons. The Balaban J connectivity index is 1.82. The molecule has 0 saturated carbocycles. The molecule has 0 amide bonds. The molecule has 1 aromatic carbocycles. The highest BCUT2D eigenvalue weighted by atomic mass is 79.9. The molecule has 1 N–H and O–H groups in total. The molecule has 1 saturated heterocycles. The fourth-order valence-electron chi connectivity index (χ4n) is 2.86. The standard InChI is InChI=1S/C15H18BrNO4/c16-11-8-14-13(20-5-2-6-21-14)7-10(11)9-17-4-1-3-12(17)15(18)19/h7-8,12H,1-6,9H2,(H,18,19)/t12-/m0/s1. The largest absolute Gasteiger partial charge is 0.490 e. The highest BCUT2D eigenvalue weighted by Crippen LogP contribution is 2.36. The van der Waals surface area contributed by atoms with E-state index in [1.54, 1.807) is 0 Å². The first-order chi connectivity index (χ1) is 10.1. The monoisotopic (exact) mass is 355 g/mol. The Morgan fingerprint density at radius 2 is 2.00 bits per heavy atom. The molecule has 3 rings (SSSR count). The molecular weight excluding hydrogens is 338 g/mol. The summed E-state index contributed by atoms with van der Waals surface area (Å²) in [5.74, 6) is 0.758. The average Bonchev–Trinajstić information content (AvgIpc) is 2.79. The highest BCUT2D eigenvalue weighted by Gasteiger charge is 2.31. The van der Waals surface area contributed by atoms with Crippen molar-refractivity contribution in [3.8, 4) is 11.5 Å². The number of benzene rings is 1. The number of hydrogen-bond acceptors (Lipinski definition) is 4. The van der Waals surface area contributed by atoms with Gasteiger partial charge in [0.2, 0.25) is 0 Å². The van der Waals surface area contributed by atoms with Gasteiger partial charge in [0.05, 0.1) is 13.2 Å². The van der Waals surface area contributed by atoms with Crippen LogP contribution in [0.5, 0.6) is 11.5 Å². The Bertz CT molecular complexity index is 549. The predicted octanol–water partition coefficient (Wildman–Crippen LogP) is 2.66. The van der Waals surface area contributed by atoms with E-state index in [-0.39, 0.29) is 6.04 Å². The SMILES string of the molecule is O=C(O)[C@@H]1CCCN1Cc1cc2c(cc1Br)OCCCO2. The summed E-state index contributed by atoms with van der Waals surface area (Å²) in [6.07, 6.45) is 2.52. The summed E-state index contributed by atoms with van der Waals surface area (Å²) >= 11 is 3.56. The first-order valence-corrected chi connectivity index (χ1v) is 7.99. The van der Waals surface area contributed by atoms with Crippen molar-refractivity contribution in [2.45, 2.75) is 31.8 Å². The van der Waals surface area contributed by atoms with Crippen molar-refractivity contribution in [2.75, 3.05) is 19.8 Å². The molecule has 1 fully saturated rings. The number of carbonyl (C=O) groups is 1. The first kappa shape index (κ1) is 14.7. The van der Waals surface area contributed by atoms with E-state index in [0.717, 1.165) is 47.3 Å². The third-order valence-corrected chi connectivity index (χ3v) is 4.68. The van der Waals surface area contributed by atoms with Crippen LogP contribution >= 0.6 is 15.9 Å². The van der Waals surface area contributed by atoms with Gasteiger partial charge in [-0.1, -0.05) is 15.9 Å². The van der Waals surface area contributed by atoms with Gasteiger partial charge in [0.25, 0.3) is 0 Å². The van der Waals surface area contributed by atoms with Crippen LogP contribution in [0.4, 0.5) is 0 Å². The zero-order valence-electron chi connectivity index (χ0n) is 11.7. The first-order valence-electron chi connectivity index (χ1n) is 7.20. The maximum Gasteiger partial charge on any atom is 0.320 e. The molecule has 2 aliphatic rings. The summed E-state index contributed by atoms with van der Waals surface area (Å²) in [6, 6.07) is 3.50. The minimum atomic E-state index is -0.738. The van der Waals surface area contributed by atoms with Crippen molar-refractivity contribution >= 4 is 21.9 Å². The van der Waals surface area contributed by atoms with E-state index < -0.39 is 5.97 Å². The molecule has 0 aliphatic carbocycles. The number of aliphatic carboxylic acids is 1. The number of hydrogen-bond donors (Lipinski definition) is 1. The van der Waals surface area contributed by atoms with Crippen LogP contribution in [0.2, 0.25) is 0 Å². The number of carboxylic acids is 1. The second kappa shape index (κ2) is 6.23. The summed E-state index contributed by atoms with van der Waals surface area (Å²) < 4.78 is 12.3. The van der Waals surface area contributed by atoms with Crippen molar-refractivity contribution in [1.29, 1.82) is 0 Å². The molecule has 2 aliphatic heterocycles. The minimum absolute atomic E-state index is 0.382. The molecule has 5 nitrogen and oxygen atoms in total. The van der Waals surface area contributed by atoms with Gasteiger partial charge in [-0.25, -0.2) is 0 Å². The molecule has 0 bridgehead atoms. The number of nitrogens with zero attached hydrogens (tertiary/aromatic N) is 1. The Kier molecular flexibility index (Phi) is 4.35. The van der Waals surface area contributed by atoms with Gasteiger partial charge in [-0.15, -0.1) is 0 Å². The van der Waals surface area contributed by atoms with Gasteiger partial charge in [-0.2, -0.15) is 0 Å². The van der Waals surface area contributed by atoms with E-state index >= 15 is 0 Å². The van der Waals surface area contributed by atoms with Crippen molar-refractivity contribution in [1.82, 2.24) is 4.90 Å². The predicted molar refractivity (Wildman–Crippen MR) is 80.8 cm³/mol. The second-order valence-corrected chi connectivity index (χ2v) is 6.26. The molecule has 0 unspecified atom stereocenters. The van der Waals surface area contributed by atoms with Crippen LogP contribution < -0.4 is 9.47 Å². The number of fused-ring (bicyclic) bond motifs is 1. The zero-order valence-corrected chi connectivity index (χ0v) is 13.3. The number of halogens is 1. The van der Waals surface area contributed by atoms with Crippen LogP contribution in [-0.2, 0) is 11.3 Å². The third kappa shape index (κ3) is 3.16. The van der Waals surface area contributed by atoms with Crippen molar-refractivity contribution < 1.29 is 19.4 Å². The smallest absolute Gasteiger partial charge is 0.320 e. The molecule has 6 heteroatoms. The normalized spacial score (nSPS) is 22.0. The fourth-order valence-corrected chi connectivity index (χ4v) is 3.31. The van der Waals surface area contributed by atoms with Crippen LogP contribution in [0.3, 0.4) is 0 Å². The van der Waals surface area contributed by atoms with Crippen LogP contribution in [-0.4, -0.2) is 41.8 Å². The van der Waals surface area contributed by atoms with Crippen molar-refractivity contribution in [3.05, 3.63) is 22.2 Å². The van der Waals surface area contributed by atoms with Gasteiger partial charge in [-0.05, 0) is 37.1 Å². The molecule has 1 atom stereocenters. The Labute approximate surface area is 132 Å². The maximum atomic E-state index is 11.3. The van der Waals surface area contributed by atoms with Crippen molar-refractivity contribution in [3.63, 3.8) is 0 Å². The fraction of sp³-hybridized carbons (Fsp3) is 0.533. The van der Waals surface area contributed by atoms with Gasteiger partial charge in [0.1, 0.15) is 6.04 Å².